The molecule has 0 spiro atoms. The second-order valence-electron chi connectivity index (χ2n) is 5.08. The molecule has 0 saturated carbocycles. The molecule has 0 heterocycles. The molecule has 1 rings (SSSR count). The standard InChI is InChI=1S/C13H19N3O6S/c1-16(2)8-3-5-10(11(7-8)23(20,21)22)15-12(17)6-4-9(14)13(18)19/h3,5,7,9H,4,6,14H2,1-2H3,(H,15,17)(H,18,19)(H,20,21,22)/t9-/m0/s1. The Labute approximate surface area is 133 Å². The van der Waals surface area contributed by atoms with E-state index in [1.165, 1.54) is 12.1 Å². The van der Waals surface area contributed by atoms with Crippen LogP contribution in [0.4, 0.5) is 11.4 Å². The lowest BCUT2D eigenvalue weighted by Gasteiger charge is -2.16. The average molecular weight is 345 g/mol. The molecule has 0 aliphatic carbocycles. The van der Waals surface area contributed by atoms with Crippen LogP contribution in [0.3, 0.4) is 0 Å². The molecule has 9 nitrogen and oxygen atoms in total. The van der Waals surface area contributed by atoms with Crippen LogP contribution in [0.5, 0.6) is 0 Å². The van der Waals surface area contributed by atoms with E-state index >= 15 is 0 Å². The van der Waals surface area contributed by atoms with Gasteiger partial charge in [-0.1, -0.05) is 0 Å². The fourth-order valence-corrected chi connectivity index (χ4v) is 2.40. The summed E-state index contributed by atoms with van der Waals surface area (Å²) in [4.78, 5) is 23.6. The topological polar surface area (TPSA) is 150 Å². The molecular formula is C13H19N3O6S. The van der Waals surface area contributed by atoms with Crippen LogP contribution in [0.2, 0.25) is 0 Å². The molecule has 1 atom stereocenters. The Morgan fingerprint density at radius 2 is 1.96 bits per heavy atom. The van der Waals surface area contributed by atoms with Crippen molar-refractivity contribution in [3.63, 3.8) is 0 Å². The fourth-order valence-electron chi connectivity index (χ4n) is 1.73. The van der Waals surface area contributed by atoms with Gasteiger partial charge in [-0.15, -0.1) is 0 Å². The van der Waals surface area contributed by atoms with Crippen LogP contribution >= 0.6 is 0 Å². The van der Waals surface area contributed by atoms with Gasteiger partial charge in [-0.3, -0.25) is 14.1 Å². The highest BCUT2D eigenvalue weighted by Gasteiger charge is 2.19. The quantitative estimate of drug-likeness (QED) is 0.509. The van der Waals surface area contributed by atoms with Gasteiger partial charge >= 0.3 is 5.97 Å². The van der Waals surface area contributed by atoms with Gasteiger partial charge in [-0.25, -0.2) is 0 Å². The second-order valence-corrected chi connectivity index (χ2v) is 6.47. The molecule has 0 aliphatic rings. The van der Waals surface area contributed by atoms with Crippen molar-refractivity contribution in [3.8, 4) is 0 Å². The molecular weight excluding hydrogens is 326 g/mol. The Bertz CT molecular complexity index is 702. The molecule has 0 unspecified atom stereocenters. The summed E-state index contributed by atoms with van der Waals surface area (Å²) in [5.41, 5.74) is 5.72. The van der Waals surface area contributed by atoms with Gasteiger partial charge < -0.3 is 21.1 Å². The zero-order valence-electron chi connectivity index (χ0n) is 12.7. The van der Waals surface area contributed by atoms with E-state index in [9.17, 15) is 22.6 Å². The highest BCUT2D eigenvalue weighted by Crippen LogP contribution is 2.26. The summed E-state index contributed by atoms with van der Waals surface area (Å²) >= 11 is 0. The van der Waals surface area contributed by atoms with Crippen LogP contribution in [0.25, 0.3) is 0 Å². The van der Waals surface area contributed by atoms with Gasteiger partial charge in [0, 0.05) is 26.2 Å². The van der Waals surface area contributed by atoms with Crippen molar-refractivity contribution in [2.75, 3.05) is 24.3 Å². The van der Waals surface area contributed by atoms with Gasteiger partial charge in [0.1, 0.15) is 10.9 Å². The zero-order chi connectivity index (χ0) is 17.8. The molecule has 23 heavy (non-hydrogen) atoms. The van der Waals surface area contributed by atoms with Gasteiger partial charge in [-0.05, 0) is 24.6 Å². The first kappa shape index (κ1) is 18.9. The number of amides is 1. The number of carboxylic acid groups (broad SMARTS) is 1. The summed E-state index contributed by atoms with van der Waals surface area (Å²) < 4.78 is 32.2. The normalized spacial score (nSPS) is 12.5. The summed E-state index contributed by atoms with van der Waals surface area (Å²) in [6, 6.07) is 2.94. The number of rotatable bonds is 7. The number of anilines is 2. The van der Waals surface area contributed by atoms with Crippen LogP contribution < -0.4 is 16.0 Å². The molecule has 1 aromatic rings. The summed E-state index contributed by atoms with van der Waals surface area (Å²) in [6.45, 7) is 0. The molecule has 0 fully saturated rings. The summed E-state index contributed by atoms with van der Waals surface area (Å²) in [5, 5.41) is 11.0. The molecule has 0 saturated heterocycles. The van der Waals surface area contributed by atoms with Gasteiger partial charge in [0.2, 0.25) is 5.91 Å². The van der Waals surface area contributed by atoms with E-state index in [2.05, 4.69) is 5.32 Å². The Morgan fingerprint density at radius 1 is 1.35 bits per heavy atom. The third kappa shape index (κ3) is 5.51. The van der Waals surface area contributed by atoms with E-state index in [0.29, 0.717) is 5.69 Å². The highest BCUT2D eigenvalue weighted by atomic mass is 32.2. The fraction of sp³-hybridized carbons (Fsp3) is 0.385. The number of nitrogens with one attached hydrogen (secondary N) is 1. The third-order valence-corrected chi connectivity index (χ3v) is 3.93. The minimum atomic E-state index is -4.54. The van der Waals surface area contributed by atoms with Crippen molar-refractivity contribution < 1.29 is 27.7 Å². The molecule has 5 N–H and O–H groups in total. The van der Waals surface area contributed by atoms with E-state index in [4.69, 9.17) is 10.8 Å². The Morgan fingerprint density at radius 3 is 2.43 bits per heavy atom. The van der Waals surface area contributed by atoms with Gasteiger partial charge in [-0.2, -0.15) is 8.42 Å². The Balaban J connectivity index is 2.96. The first-order valence-electron chi connectivity index (χ1n) is 6.59. The predicted octanol–water partition coefficient (Wildman–Crippen LogP) is 0.130. The molecule has 1 amide bonds. The smallest absolute Gasteiger partial charge is 0.320 e. The lowest BCUT2D eigenvalue weighted by molar-refractivity contribution is -0.138. The number of aliphatic carboxylic acids is 1. The summed E-state index contributed by atoms with van der Waals surface area (Å²) in [7, 11) is -1.16. The number of carbonyl (C=O) groups is 2. The van der Waals surface area contributed by atoms with E-state index in [1.54, 1.807) is 25.1 Å². The molecule has 0 aliphatic heterocycles. The average Bonchev–Trinajstić information content (AvgIpc) is 2.43. The maximum atomic E-state index is 11.8. The highest BCUT2D eigenvalue weighted by molar-refractivity contribution is 7.86. The maximum Gasteiger partial charge on any atom is 0.320 e. The predicted molar refractivity (Wildman–Crippen MR) is 84.1 cm³/mol. The largest absolute Gasteiger partial charge is 0.480 e. The lowest BCUT2D eigenvalue weighted by atomic mass is 10.1. The van der Waals surface area contributed by atoms with Crippen LogP contribution in [0, 0.1) is 0 Å². The lowest BCUT2D eigenvalue weighted by Crippen LogP contribution is -2.31. The number of hydrogen-bond donors (Lipinski definition) is 4. The Hall–Kier alpha value is -2.17. The molecule has 128 valence electrons. The van der Waals surface area contributed by atoms with E-state index < -0.39 is 32.9 Å². The zero-order valence-corrected chi connectivity index (χ0v) is 13.5. The first-order valence-corrected chi connectivity index (χ1v) is 8.03. The SMILES string of the molecule is CN(C)c1ccc(NC(=O)CC[C@H](N)C(=O)O)c(S(=O)(=O)O)c1. The molecule has 0 radical (unpaired) electrons. The van der Waals surface area contributed by atoms with Crippen LogP contribution in [0.1, 0.15) is 12.8 Å². The second kappa shape index (κ2) is 7.40. The van der Waals surface area contributed by atoms with E-state index in [1.807, 2.05) is 0 Å². The van der Waals surface area contributed by atoms with Crippen molar-refractivity contribution in [2.24, 2.45) is 5.73 Å². The first-order chi connectivity index (χ1) is 10.5. The minimum absolute atomic E-state index is 0.0907. The number of nitrogens with zero attached hydrogens (tertiary/aromatic N) is 1. The van der Waals surface area contributed by atoms with Crippen molar-refractivity contribution in [3.05, 3.63) is 18.2 Å². The number of carboxylic acids is 1. The Kier molecular flexibility index (Phi) is 6.07. The van der Waals surface area contributed by atoms with Gasteiger partial charge in [0.15, 0.2) is 0 Å². The summed E-state index contributed by atoms with van der Waals surface area (Å²) in [5.74, 6) is -1.84. The molecule has 1 aromatic carbocycles. The van der Waals surface area contributed by atoms with E-state index in [-0.39, 0.29) is 18.5 Å². The number of carbonyl (C=O) groups excluding carboxylic acids is 1. The monoisotopic (exact) mass is 345 g/mol. The van der Waals surface area contributed by atoms with Gasteiger partial charge in [0.05, 0.1) is 5.69 Å². The van der Waals surface area contributed by atoms with Crippen LogP contribution in [-0.2, 0) is 19.7 Å². The van der Waals surface area contributed by atoms with Crippen molar-refractivity contribution in [1.82, 2.24) is 0 Å². The van der Waals surface area contributed by atoms with Crippen LogP contribution in [-0.4, -0.2) is 50.1 Å². The maximum absolute atomic E-state index is 11.8. The van der Waals surface area contributed by atoms with Crippen molar-refractivity contribution in [1.29, 1.82) is 0 Å². The molecule has 10 heteroatoms. The van der Waals surface area contributed by atoms with E-state index in [0.717, 1.165) is 0 Å². The van der Waals surface area contributed by atoms with Crippen LogP contribution in [0.15, 0.2) is 23.1 Å². The van der Waals surface area contributed by atoms with Crippen molar-refractivity contribution in [2.45, 2.75) is 23.8 Å². The molecule has 0 bridgehead atoms. The van der Waals surface area contributed by atoms with Gasteiger partial charge in [0.25, 0.3) is 10.1 Å². The summed E-state index contributed by atoms with van der Waals surface area (Å²) in [6.07, 6.45) is -0.300. The van der Waals surface area contributed by atoms with Crippen molar-refractivity contribution >= 4 is 33.4 Å². The number of hydrogen-bond acceptors (Lipinski definition) is 6. The third-order valence-electron chi connectivity index (χ3n) is 3.03. The number of benzene rings is 1. The minimum Gasteiger partial charge on any atom is -0.480 e. The number of nitrogens with two attached hydrogens (primary N) is 1. The molecule has 0 aromatic heterocycles.